The van der Waals surface area contributed by atoms with Gasteiger partial charge in [-0.25, -0.2) is 0 Å². The van der Waals surface area contributed by atoms with Gasteiger partial charge in [-0.05, 0) is 20.4 Å². The predicted octanol–water partition coefficient (Wildman–Crippen LogP) is 0.760. The van der Waals surface area contributed by atoms with Crippen LogP contribution >= 0.6 is 0 Å². The number of hydrogen-bond donors (Lipinski definition) is 1. The number of aliphatic carboxylic acids is 1. The van der Waals surface area contributed by atoms with Crippen molar-refractivity contribution in [2.75, 3.05) is 13.1 Å². The molecule has 0 aromatic heterocycles. The summed E-state index contributed by atoms with van der Waals surface area (Å²) in [4.78, 5) is 23.2. The molecule has 4 nitrogen and oxygen atoms in total. The van der Waals surface area contributed by atoms with Crippen molar-refractivity contribution in [1.29, 1.82) is 0 Å². The van der Waals surface area contributed by atoms with Gasteiger partial charge in [0.05, 0.1) is 12.5 Å². The zero-order valence-corrected chi connectivity index (χ0v) is 8.41. The summed E-state index contributed by atoms with van der Waals surface area (Å²) in [6, 6.07) is -0.177. The van der Waals surface area contributed by atoms with Gasteiger partial charge in [0.15, 0.2) is 0 Å². The van der Waals surface area contributed by atoms with Gasteiger partial charge in [-0.15, -0.1) is 0 Å². The van der Waals surface area contributed by atoms with E-state index < -0.39 is 5.97 Å². The Morgan fingerprint density at radius 2 is 2.00 bits per heavy atom. The zero-order valence-electron chi connectivity index (χ0n) is 8.41. The molecule has 0 bridgehead atoms. The number of rotatable bonds is 6. The lowest BCUT2D eigenvalue weighted by molar-refractivity contribution is -0.138. The van der Waals surface area contributed by atoms with Crippen LogP contribution in [0.5, 0.6) is 0 Å². The lowest BCUT2D eigenvalue weighted by Gasteiger charge is -2.24. The molecule has 0 aromatic rings. The largest absolute Gasteiger partial charge is 0.481 e. The third-order valence-electron chi connectivity index (χ3n) is 2.16. The number of hydrogen-bond acceptors (Lipinski definition) is 3. The molecular formula is C9H17NO3. The molecule has 0 rings (SSSR count). The average Bonchev–Trinajstić information content (AvgIpc) is 2.04. The normalized spacial score (nSPS) is 12.9. The lowest BCUT2D eigenvalue weighted by atomic mass is 10.2. The van der Waals surface area contributed by atoms with Crippen molar-refractivity contribution in [3.05, 3.63) is 0 Å². The van der Waals surface area contributed by atoms with Crippen LogP contribution in [0.4, 0.5) is 0 Å². The zero-order chi connectivity index (χ0) is 10.4. The molecule has 0 heterocycles. The number of nitrogens with zero attached hydrogens (tertiary/aromatic N) is 1. The number of carboxylic acids is 1. The van der Waals surface area contributed by atoms with Gasteiger partial charge in [0.25, 0.3) is 0 Å². The maximum Gasteiger partial charge on any atom is 0.304 e. The summed E-state index contributed by atoms with van der Waals surface area (Å²) in [5.41, 5.74) is 0. The van der Waals surface area contributed by atoms with E-state index in [2.05, 4.69) is 0 Å². The number of likely N-dealkylation sites (N-methyl/N-ethyl adjacent to an activating group) is 1. The summed E-state index contributed by atoms with van der Waals surface area (Å²) >= 11 is 0. The first-order chi connectivity index (χ1) is 5.99. The van der Waals surface area contributed by atoms with E-state index in [4.69, 9.17) is 5.11 Å². The van der Waals surface area contributed by atoms with E-state index >= 15 is 0 Å². The van der Waals surface area contributed by atoms with Crippen molar-refractivity contribution in [2.45, 2.75) is 33.2 Å². The Kier molecular flexibility index (Phi) is 5.30. The van der Waals surface area contributed by atoms with E-state index in [9.17, 15) is 9.59 Å². The maximum absolute atomic E-state index is 11.0. The fourth-order valence-corrected chi connectivity index (χ4v) is 1.12. The molecule has 1 N–H and O–H groups in total. The Morgan fingerprint density at radius 1 is 1.46 bits per heavy atom. The molecular weight excluding hydrogens is 170 g/mol. The summed E-state index contributed by atoms with van der Waals surface area (Å²) in [5.74, 6) is -0.749. The van der Waals surface area contributed by atoms with Crippen molar-refractivity contribution in [1.82, 2.24) is 4.90 Å². The summed E-state index contributed by atoms with van der Waals surface area (Å²) in [6.07, 6.45) is 0.0888. The summed E-state index contributed by atoms with van der Waals surface area (Å²) in [6.45, 7) is 6.38. The Labute approximate surface area is 78.5 Å². The Bertz CT molecular complexity index is 191. The fourth-order valence-electron chi connectivity index (χ4n) is 1.12. The molecule has 13 heavy (non-hydrogen) atoms. The molecule has 0 fully saturated rings. The highest BCUT2D eigenvalue weighted by Crippen LogP contribution is 2.01. The Morgan fingerprint density at radius 3 is 2.31 bits per heavy atom. The highest BCUT2D eigenvalue weighted by Gasteiger charge is 2.16. The molecule has 4 heteroatoms. The molecule has 0 saturated heterocycles. The van der Waals surface area contributed by atoms with Crippen LogP contribution in [-0.4, -0.2) is 40.9 Å². The summed E-state index contributed by atoms with van der Waals surface area (Å²) in [7, 11) is 0. The first-order valence-electron chi connectivity index (χ1n) is 4.45. The van der Waals surface area contributed by atoms with Crippen molar-refractivity contribution < 1.29 is 14.7 Å². The van der Waals surface area contributed by atoms with Crippen LogP contribution in [0, 0.1) is 0 Å². The molecule has 1 atom stereocenters. The van der Waals surface area contributed by atoms with Crippen LogP contribution in [0.2, 0.25) is 0 Å². The van der Waals surface area contributed by atoms with Gasteiger partial charge in [0, 0.05) is 6.54 Å². The predicted molar refractivity (Wildman–Crippen MR) is 49.6 cm³/mol. The van der Waals surface area contributed by atoms with Gasteiger partial charge in [0.1, 0.15) is 5.78 Å². The molecule has 0 aliphatic rings. The molecule has 76 valence electrons. The van der Waals surface area contributed by atoms with Crippen LogP contribution in [0.3, 0.4) is 0 Å². The summed E-state index contributed by atoms with van der Waals surface area (Å²) in [5, 5.41) is 8.47. The van der Waals surface area contributed by atoms with Gasteiger partial charge in [-0.3, -0.25) is 14.5 Å². The van der Waals surface area contributed by atoms with E-state index in [1.54, 1.807) is 6.92 Å². The third-order valence-corrected chi connectivity index (χ3v) is 2.16. The topological polar surface area (TPSA) is 57.6 Å². The van der Waals surface area contributed by atoms with Crippen LogP contribution in [0.25, 0.3) is 0 Å². The molecule has 0 spiro atoms. The molecule has 0 saturated carbocycles. The fraction of sp³-hybridized carbons (Fsp3) is 0.778. The number of carbonyl (C=O) groups is 2. The minimum atomic E-state index is -0.825. The molecule has 0 aliphatic carbocycles. The van der Waals surface area contributed by atoms with Crippen molar-refractivity contribution in [2.24, 2.45) is 0 Å². The first-order valence-corrected chi connectivity index (χ1v) is 4.45. The van der Waals surface area contributed by atoms with E-state index in [0.717, 1.165) is 0 Å². The molecule has 1 unspecified atom stereocenters. The monoisotopic (exact) mass is 187 g/mol. The highest BCUT2D eigenvalue weighted by molar-refractivity contribution is 5.81. The Hall–Kier alpha value is -0.900. The Balaban J connectivity index is 4.02. The summed E-state index contributed by atoms with van der Waals surface area (Å²) < 4.78 is 0. The average molecular weight is 187 g/mol. The van der Waals surface area contributed by atoms with E-state index in [-0.39, 0.29) is 18.2 Å². The molecule has 0 amide bonds. The second-order valence-corrected chi connectivity index (χ2v) is 3.06. The van der Waals surface area contributed by atoms with E-state index in [0.29, 0.717) is 13.1 Å². The molecule has 0 aromatic carbocycles. The van der Waals surface area contributed by atoms with Crippen LogP contribution in [0.15, 0.2) is 0 Å². The maximum atomic E-state index is 11.0. The second kappa shape index (κ2) is 5.70. The number of ketones is 1. The smallest absolute Gasteiger partial charge is 0.304 e. The third kappa shape index (κ3) is 4.62. The quantitative estimate of drug-likeness (QED) is 0.667. The molecule has 0 radical (unpaired) electrons. The van der Waals surface area contributed by atoms with Crippen molar-refractivity contribution in [3.8, 4) is 0 Å². The number of carbonyl (C=O) groups excluding carboxylic acids is 1. The van der Waals surface area contributed by atoms with Crippen molar-refractivity contribution >= 4 is 11.8 Å². The minimum absolute atomic E-state index is 0.0761. The standard InChI is InChI=1S/C9H17NO3/c1-4-10(6-5-9(12)13)7(2)8(3)11/h7H,4-6H2,1-3H3,(H,12,13). The van der Waals surface area contributed by atoms with Crippen LogP contribution in [0.1, 0.15) is 27.2 Å². The van der Waals surface area contributed by atoms with E-state index in [1.807, 2.05) is 11.8 Å². The van der Waals surface area contributed by atoms with Gasteiger partial charge in [-0.2, -0.15) is 0 Å². The highest BCUT2D eigenvalue weighted by atomic mass is 16.4. The van der Waals surface area contributed by atoms with Gasteiger partial charge in [0.2, 0.25) is 0 Å². The first kappa shape index (κ1) is 12.1. The van der Waals surface area contributed by atoms with E-state index in [1.165, 1.54) is 6.92 Å². The van der Waals surface area contributed by atoms with Gasteiger partial charge < -0.3 is 5.11 Å². The lowest BCUT2D eigenvalue weighted by Crippen LogP contribution is -2.39. The second-order valence-electron chi connectivity index (χ2n) is 3.06. The van der Waals surface area contributed by atoms with Crippen molar-refractivity contribution in [3.63, 3.8) is 0 Å². The van der Waals surface area contributed by atoms with Crippen LogP contribution < -0.4 is 0 Å². The van der Waals surface area contributed by atoms with Crippen LogP contribution in [-0.2, 0) is 9.59 Å². The molecule has 0 aliphatic heterocycles. The van der Waals surface area contributed by atoms with Gasteiger partial charge in [-0.1, -0.05) is 6.92 Å². The SMILES string of the molecule is CCN(CCC(=O)O)C(C)C(C)=O. The van der Waals surface area contributed by atoms with Gasteiger partial charge >= 0.3 is 5.97 Å². The number of carboxylic acid groups (broad SMARTS) is 1. The minimum Gasteiger partial charge on any atom is -0.481 e. The number of Topliss-reactive ketones (excluding diaryl/α,β-unsaturated/α-hetero) is 1.